The van der Waals surface area contributed by atoms with Gasteiger partial charge in [0.15, 0.2) is 0 Å². The van der Waals surface area contributed by atoms with Crippen molar-refractivity contribution >= 4 is 11.7 Å². The van der Waals surface area contributed by atoms with Gasteiger partial charge >= 0.3 is 0 Å². The number of amides is 1. The standard InChI is InChI=1S/C14H25NO3/c1-10(2)8-9-15-14(17)11(3)18-13-6-4-12(16)5-7-13/h10-11,13H,4-9H2,1-3H3,(H,15,17). The minimum absolute atomic E-state index is 0.0486. The molecule has 1 fully saturated rings. The number of ether oxygens (including phenoxy) is 1. The molecule has 1 saturated carbocycles. The average Bonchev–Trinajstić information content (AvgIpc) is 2.31. The molecule has 0 aromatic carbocycles. The molecular formula is C14H25NO3. The molecule has 1 aliphatic carbocycles. The maximum atomic E-state index is 11.8. The highest BCUT2D eigenvalue weighted by Gasteiger charge is 2.23. The molecule has 4 nitrogen and oxygen atoms in total. The van der Waals surface area contributed by atoms with E-state index < -0.39 is 6.10 Å². The molecule has 104 valence electrons. The smallest absolute Gasteiger partial charge is 0.248 e. The van der Waals surface area contributed by atoms with Crippen molar-refractivity contribution in [2.24, 2.45) is 5.92 Å². The molecule has 1 aliphatic rings. The molecule has 0 aromatic heterocycles. The van der Waals surface area contributed by atoms with Gasteiger partial charge in [0.2, 0.25) is 5.91 Å². The van der Waals surface area contributed by atoms with Gasteiger partial charge in [-0.2, -0.15) is 0 Å². The summed E-state index contributed by atoms with van der Waals surface area (Å²) in [6, 6.07) is 0. The van der Waals surface area contributed by atoms with Crippen molar-refractivity contribution in [3.63, 3.8) is 0 Å². The number of hydrogen-bond donors (Lipinski definition) is 1. The van der Waals surface area contributed by atoms with Crippen LogP contribution in [0.3, 0.4) is 0 Å². The molecular weight excluding hydrogens is 230 g/mol. The monoisotopic (exact) mass is 255 g/mol. The number of Topliss-reactive ketones (excluding diaryl/α,β-unsaturated/α-hetero) is 1. The first-order valence-electron chi connectivity index (χ1n) is 6.94. The SMILES string of the molecule is CC(C)CCNC(=O)C(C)OC1CCC(=O)CC1. The first-order valence-corrected chi connectivity index (χ1v) is 6.94. The molecule has 0 bridgehead atoms. The zero-order valence-corrected chi connectivity index (χ0v) is 11.7. The summed E-state index contributed by atoms with van der Waals surface area (Å²) in [5.41, 5.74) is 0. The van der Waals surface area contributed by atoms with Gasteiger partial charge in [-0.05, 0) is 32.1 Å². The van der Waals surface area contributed by atoms with Crippen LogP contribution in [0.4, 0.5) is 0 Å². The van der Waals surface area contributed by atoms with Crippen molar-refractivity contribution < 1.29 is 14.3 Å². The highest BCUT2D eigenvalue weighted by atomic mass is 16.5. The summed E-state index contributed by atoms with van der Waals surface area (Å²) >= 11 is 0. The van der Waals surface area contributed by atoms with Crippen molar-refractivity contribution in [1.29, 1.82) is 0 Å². The van der Waals surface area contributed by atoms with Crippen LogP contribution in [0.25, 0.3) is 0 Å². The van der Waals surface area contributed by atoms with E-state index in [2.05, 4.69) is 19.2 Å². The zero-order chi connectivity index (χ0) is 13.5. The Kier molecular flexibility index (Phi) is 6.33. The fourth-order valence-corrected chi connectivity index (χ4v) is 2.03. The van der Waals surface area contributed by atoms with Crippen LogP contribution in [0, 0.1) is 5.92 Å². The first kappa shape index (κ1) is 15.2. The van der Waals surface area contributed by atoms with Crippen LogP contribution in [0.1, 0.15) is 52.9 Å². The Bertz CT molecular complexity index is 279. The number of hydrogen-bond acceptors (Lipinski definition) is 3. The van der Waals surface area contributed by atoms with Gasteiger partial charge in [0.1, 0.15) is 11.9 Å². The average molecular weight is 255 g/mol. The minimum atomic E-state index is -0.421. The highest BCUT2D eigenvalue weighted by molar-refractivity contribution is 5.80. The predicted molar refractivity (Wildman–Crippen MR) is 70.3 cm³/mol. The summed E-state index contributed by atoms with van der Waals surface area (Å²) in [6.45, 7) is 6.74. The van der Waals surface area contributed by atoms with E-state index >= 15 is 0 Å². The highest BCUT2D eigenvalue weighted by Crippen LogP contribution is 2.19. The van der Waals surface area contributed by atoms with Gasteiger partial charge in [-0.1, -0.05) is 13.8 Å². The second kappa shape index (κ2) is 7.52. The molecule has 1 unspecified atom stereocenters. The van der Waals surface area contributed by atoms with Gasteiger partial charge < -0.3 is 10.1 Å². The van der Waals surface area contributed by atoms with Crippen molar-refractivity contribution in [2.75, 3.05) is 6.54 Å². The molecule has 1 amide bonds. The lowest BCUT2D eigenvalue weighted by Crippen LogP contribution is -2.38. The molecule has 1 atom stereocenters. The van der Waals surface area contributed by atoms with Crippen LogP contribution in [-0.2, 0) is 14.3 Å². The summed E-state index contributed by atoms with van der Waals surface area (Å²) in [4.78, 5) is 22.9. The van der Waals surface area contributed by atoms with E-state index in [0.29, 0.717) is 31.1 Å². The van der Waals surface area contributed by atoms with Gasteiger partial charge in [-0.15, -0.1) is 0 Å². The van der Waals surface area contributed by atoms with Gasteiger partial charge in [0, 0.05) is 19.4 Å². The summed E-state index contributed by atoms with van der Waals surface area (Å²) in [6.07, 6.45) is 3.31. The summed E-state index contributed by atoms with van der Waals surface area (Å²) in [5, 5.41) is 2.88. The molecule has 0 spiro atoms. The van der Waals surface area contributed by atoms with Crippen LogP contribution in [0.15, 0.2) is 0 Å². The Morgan fingerprint density at radius 1 is 1.33 bits per heavy atom. The number of nitrogens with one attached hydrogen (secondary N) is 1. The molecule has 0 aliphatic heterocycles. The summed E-state index contributed by atoms with van der Waals surface area (Å²) in [5.74, 6) is 0.849. The first-order chi connectivity index (χ1) is 8.49. The lowest BCUT2D eigenvalue weighted by Gasteiger charge is -2.24. The van der Waals surface area contributed by atoms with E-state index in [1.165, 1.54) is 0 Å². The van der Waals surface area contributed by atoms with E-state index in [1.54, 1.807) is 6.92 Å². The van der Waals surface area contributed by atoms with Crippen LogP contribution >= 0.6 is 0 Å². The van der Waals surface area contributed by atoms with Gasteiger partial charge in [-0.3, -0.25) is 9.59 Å². The van der Waals surface area contributed by atoms with Gasteiger partial charge in [0.05, 0.1) is 6.10 Å². The topological polar surface area (TPSA) is 55.4 Å². The number of rotatable bonds is 6. The minimum Gasteiger partial charge on any atom is -0.365 e. The largest absolute Gasteiger partial charge is 0.365 e. The number of carbonyl (C=O) groups is 2. The molecule has 0 saturated heterocycles. The van der Waals surface area contributed by atoms with Crippen molar-refractivity contribution in [3.8, 4) is 0 Å². The second-order valence-electron chi connectivity index (χ2n) is 5.49. The Morgan fingerprint density at radius 3 is 2.50 bits per heavy atom. The van der Waals surface area contributed by atoms with E-state index in [-0.39, 0.29) is 12.0 Å². The van der Waals surface area contributed by atoms with E-state index in [1.807, 2.05) is 0 Å². The second-order valence-corrected chi connectivity index (χ2v) is 5.49. The Balaban J connectivity index is 2.20. The van der Waals surface area contributed by atoms with E-state index in [0.717, 1.165) is 19.3 Å². The van der Waals surface area contributed by atoms with Crippen LogP contribution in [-0.4, -0.2) is 30.4 Å². The third kappa shape index (κ3) is 5.63. The predicted octanol–water partition coefficient (Wildman–Crippen LogP) is 2.07. The molecule has 0 aromatic rings. The molecule has 18 heavy (non-hydrogen) atoms. The van der Waals surface area contributed by atoms with Crippen molar-refractivity contribution in [1.82, 2.24) is 5.32 Å². The third-order valence-electron chi connectivity index (χ3n) is 3.28. The normalized spacial score (nSPS) is 19.0. The van der Waals surface area contributed by atoms with Gasteiger partial charge in [-0.25, -0.2) is 0 Å². The van der Waals surface area contributed by atoms with E-state index in [4.69, 9.17) is 4.74 Å². The van der Waals surface area contributed by atoms with Crippen LogP contribution in [0.2, 0.25) is 0 Å². The maximum Gasteiger partial charge on any atom is 0.248 e. The summed E-state index contributed by atoms with van der Waals surface area (Å²) in [7, 11) is 0. The number of ketones is 1. The lowest BCUT2D eigenvalue weighted by molar-refractivity contribution is -0.138. The molecule has 0 heterocycles. The van der Waals surface area contributed by atoms with Crippen LogP contribution in [0.5, 0.6) is 0 Å². The van der Waals surface area contributed by atoms with Gasteiger partial charge in [0.25, 0.3) is 0 Å². The Hall–Kier alpha value is -0.900. The lowest BCUT2D eigenvalue weighted by atomic mass is 9.96. The Labute approximate surface area is 109 Å². The third-order valence-corrected chi connectivity index (χ3v) is 3.28. The molecule has 1 N–H and O–H groups in total. The maximum absolute atomic E-state index is 11.8. The van der Waals surface area contributed by atoms with E-state index in [9.17, 15) is 9.59 Å². The van der Waals surface area contributed by atoms with Crippen molar-refractivity contribution in [2.45, 2.75) is 65.1 Å². The molecule has 4 heteroatoms. The number of carbonyl (C=O) groups excluding carboxylic acids is 2. The summed E-state index contributed by atoms with van der Waals surface area (Å²) < 4.78 is 5.69. The quantitative estimate of drug-likeness (QED) is 0.790. The fraction of sp³-hybridized carbons (Fsp3) is 0.857. The Morgan fingerprint density at radius 2 is 1.94 bits per heavy atom. The zero-order valence-electron chi connectivity index (χ0n) is 11.7. The van der Waals surface area contributed by atoms with Crippen molar-refractivity contribution in [3.05, 3.63) is 0 Å². The molecule has 1 rings (SSSR count). The van der Waals surface area contributed by atoms with Crippen LogP contribution < -0.4 is 5.32 Å². The fourth-order valence-electron chi connectivity index (χ4n) is 2.03. The molecule has 0 radical (unpaired) electrons.